The summed E-state index contributed by atoms with van der Waals surface area (Å²) < 4.78 is 7.22. The summed E-state index contributed by atoms with van der Waals surface area (Å²) >= 11 is 0. The van der Waals surface area contributed by atoms with Gasteiger partial charge in [-0.2, -0.15) is 9.97 Å². The van der Waals surface area contributed by atoms with Gasteiger partial charge in [-0.1, -0.05) is 314 Å². The van der Waals surface area contributed by atoms with Crippen molar-refractivity contribution in [1.82, 2.24) is 28.7 Å². The second kappa shape index (κ2) is 26.2. The molecule has 0 unspecified atom stereocenters. The Morgan fingerprint density at radius 1 is 0.183 bits per heavy atom. The van der Waals surface area contributed by atoms with Gasteiger partial charge in [0.05, 0.1) is 33.1 Å². The first kappa shape index (κ1) is 68.3. The molecule has 0 aliphatic carbocycles. The Hall–Kier alpha value is -12.5. The van der Waals surface area contributed by atoms with Crippen LogP contribution in [0.4, 0.5) is 0 Å². The lowest BCUT2D eigenvalue weighted by Crippen LogP contribution is -2.10. The number of nitrogens with zero attached hydrogens (tertiary/aromatic N) is 6. The molecule has 530 valence electrons. The van der Waals surface area contributed by atoms with Crippen LogP contribution in [0.3, 0.4) is 0 Å². The molecule has 109 heavy (non-hydrogen) atoms. The summed E-state index contributed by atoms with van der Waals surface area (Å²) in [4.78, 5) is 16.5. The summed E-state index contributed by atoms with van der Waals surface area (Å²) in [5.41, 5.74) is 29.7. The Morgan fingerprint density at radius 3 is 0.670 bits per heavy atom. The molecular weight excluding hydrogens is 1320 g/mol. The van der Waals surface area contributed by atoms with Crippen molar-refractivity contribution in [2.75, 3.05) is 0 Å². The summed E-state index contributed by atoms with van der Waals surface area (Å²) in [5.74, 6) is 1.67. The Kier molecular flexibility index (Phi) is 16.4. The molecule has 0 saturated carbocycles. The van der Waals surface area contributed by atoms with Gasteiger partial charge >= 0.3 is 0 Å². The third-order valence-corrected chi connectivity index (χ3v) is 22.4. The van der Waals surface area contributed by atoms with Crippen molar-refractivity contribution in [3.8, 4) is 107 Å². The molecule has 0 bridgehead atoms. The van der Waals surface area contributed by atoms with Crippen molar-refractivity contribution in [3.63, 3.8) is 0 Å². The van der Waals surface area contributed by atoms with Crippen LogP contribution >= 0.6 is 0 Å². The minimum absolute atomic E-state index is 0.0374. The maximum Gasteiger partial charge on any atom is 0.238 e. The van der Waals surface area contributed by atoms with Gasteiger partial charge in [0.1, 0.15) is 0 Å². The molecule has 18 aromatic rings. The zero-order valence-electron chi connectivity index (χ0n) is 64.2. The van der Waals surface area contributed by atoms with Crippen molar-refractivity contribution in [1.29, 1.82) is 0 Å². The van der Waals surface area contributed by atoms with E-state index in [1.807, 2.05) is 0 Å². The standard InChI is InChI=1S/C103H88N6/c1-100(2,3)79-43-31-69(32-44-79)75-39-53-91-85(59-75)86-60-76(70-33-45-80(46-34-70)101(4,5)6)40-54-92(86)107(91)83-51-57-95-89(63-83)90-64-84(108-93-55-41-77(71-35-47-81(48-36-71)102(7,8)9)61-87(93)88-62-78(42-56-94(88)108)72-37-49-82(50-38-72)103(10,11)12)52-58-96(90)109(95)99-105-97(73-27-23-67(24-28-73)65-19-15-13-16-20-65)104-98(106-99)74-29-25-68(26-30-74)66-21-17-14-18-22-66/h13-64H,1-12H3. The van der Waals surface area contributed by atoms with Gasteiger partial charge in [0.25, 0.3) is 0 Å². The van der Waals surface area contributed by atoms with E-state index in [-0.39, 0.29) is 21.7 Å². The van der Waals surface area contributed by atoms with Gasteiger partial charge in [-0.05, 0) is 196 Å². The molecule has 4 aromatic heterocycles. The topological polar surface area (TPSA) is 53.5 Å². The van der Waals surface area contributed by atoms with E-state index in [2.05, 4.69) is 412 Å². The van der Waals surface area contributed by atoms with Crippen LogP contribution in [0.5, 0.6) is 0 Å². The molecule has 0 atom stereocenters. The largest absolute Gasteiger partial charge is 0.309 e. The van der Waals surface area contributed by atoms with Crippen LogP contribution in [-0.4, -0.2) is 28.7 Å². The molecule has 6 nitrogen and oxygen atoms in total. The average Bonchev–Trinajstić information content (AvgIpc) is 1.57. The molecule has 0 aliphatic rings. The smallest absolute Gasteiger partial charge is 0.238 e. The second-order valence-electron chi connectivity index (χ2n) is 33.8. The van der Waals surface area contributed by atoms with Crippen molar-refractivity contribution < 1.29 is 0 Å². The van der Waals surface area contributed by atoms with Crippen LogP contribution in [-0.2, 0) is 21.7 Å². The quantitative estimate of drug-likeness (QED) is 0.130. The average molecular weight is 1410 g/mol. The highest BCUT2D eigenvalue weighted by Crippen LogP contribution is 2.45. The summed E-state index contributed by atoms with van der Waals surface area (Å²) in [6.07, 6.45) is 0. The molecule has 0 N–H and O–H groups in total. The highest BCUT2D eigenvalue weighted by atomic mass is 15.2. The maximum atomic E-state index is 5.58. The molecule has 0 spiro atoms. The molecule has 4 heterocycles. The van der Waals surface area contributed by atoms with E-state index in [0.29, 0.717) is 17.6 Å². The lowest BCUT2D eigenvalue weighted by molar-refractivity contribution is 0.590. The van der Waals surface area contributed by atoms with E-state index in [0.717, 1.165) is 88.6 Å². The zero-order chi connectivity index (χ0) is 74.8. The van der Waals surface area contributed by atoms with E-state index in [1.165, 1.54) is 88.3 Å². The van der Waals surface area contributed by atoms with Crippen molar-refractivity contribution in [2.24, 2.45) is 0 Å². The lowest BCUT2D eigenvalue weighted by Gasteiger charge is -2.19. The van der Waals surface area contributed by atoms with Gasteiger partial charge in [0.15, 0.2) is 11.6 Å². The van der Waals surface area contributed by atoms with Gasteiger partial charge in [0, 0.05) is 54.8 Å². The Balaban J connectivity index is 0.874. The minimum atomic E-state index is 0.0374. The van der Waals surface area contributed by atoms with Gasteiger partial charge < -0.3 is 9.13 Å². The number of fused-ring (bicyclic) bond motifs is 9. The van der Waals surface area contributed by atoms with Crippen molar-refractivity contribution in [2.45, 2.75) is 105 Å². The molecule has 0 saturated heterocycles. The van der Waals surface area contributed by atoms with Crippen LogP contribution in [0.2, 0.25) is 0 Å². The first-order valence-electron chi connectivity index (χ1n) is 38.3. The highest BCUT2D eigenvalue weighted by Gasteiger charge is 2.25. The first-order valence-corrected chi connectivity index (χ1v) is 38.3. The predicted octanol–water partition coefficient (Wildman–Crippen LogP) is 27.7. The van der Waals surface area contributed by atoms with E-state index >= 15 is 0 Å². The van der Waals surface area contributed by atoms with Crippen LogP contribution in [0, 0.1) is 0 Å². The van der Waals surface area contributed by atoms with Crippen LogP contribution in [0.15, 0.2) is 315 Å². The van der Waals surface area contributed by atoms with E-state index in [4.69, 9.17) is 15.0 Å². The molecule has 6 heteroatoms. The van der Waals surface area contributed by atoms with Gasteiger partial charge in [-0.15, -0.1) is 0 Å². The third kappa shape index (κ3) is 12.6. The van der Waals surface area contributed by atoms with Crippen molar-refractivity contribution >= 4 is 65.4 Å². The highest BCUT2D eigenvalue weighted by molar-refractivity contribution is 6.15. The lowest BCUT2D eigenvalue weighted by atomic mass is 9.86. The summed E-state index contributed by atoms with van der Waals surface area (Å²) in [6.45, 7) is 27.4. The first-order chi connectivity index (χ1) is 52.5. The minimum Gasteiger partial charge on any atom is -0.309 e. The van der Waals surface area contributed by atoms with Gasteiger partial charge in [-0.3, -0.25) is 4.57 Å². The SMILES string of the molecule is CC(C)(C)c1ccc(-c2ccc3c(c2)c2cc(-c4ccc(C(C)(C)C)cc4)ccc2n3-c2ccc3c(c2)c2cc(-n4c5ccc(-c6ccc(C(C)(C)C)cc6)cc5c5cc(-c6ccc(C(C)(C)C)cc6)ccc54)ccc2n3-c2nc(-c3ccc(-c4ccccc4)cc3)nc(-c3ccc(-c4ccccc4)cc3)n2)cc1. The number of hydrogen-bond donors (Lipinski definition) is 0. The number of aromatic nitrogens is 6. The number of benzene rings is 14. The van der Waals surface area contributed by atoms with E-state index < -0.39 is 0 Å². The maximum absolute atomic E-state index is 5.58. The predicted molar refractivity (Wildman–Crippen MR) is 461 cm³/mol. The zero-order valence-corrected chi connectivity index (χ0v) is 64.2. The van der Waals surface area contributed by atoms with Crippen LogP contribution in [0.1, 0.15) is 105 Å². The monoisotopic (exact) mass is 1410 g/mol. The van der Waals surface area contributed by atoms with Crippen LogP contribution in [0.25, 0.3) is 172 Å². The summed E-state index contributed by atoms with van der Waals surface area (Å²) in [5, 5.41) is 6.86. The van der Waals surface area contributed by atoms with Crippen LogP contribution < -0.4 is 0 Å². The Labute approximate surface area is 639 Å². The molecular formula is C103H88N6. The summed E-state index contributed by atoms with van der Waals surface area (Å²) in [6, 6.07) is 117. The second-order valence-corrected chi connectivity index (χ2v) is 33.8. The number of rotatable bonds is 11. The number of hydrogen-bond acceptors (Lipinski definition) is 3. The molecule has 0 amide bonds. The normalized spacial score (nSPS) is 12.4. The van der Waals surface area contributed by atoms with E-state index in [9.17, 15) is 0 Å². The molecule has 14 aromatic carbocycles. The fourth-order valence-corrected chi connectivity index (χ4v) is 16.1. The fourth-order valence-electron chi connectivity index (χ4n) is 16.1. The molecule has 0 aliphatic heterocycles. The Morgan fingerprint density at radius 2 is 0.394 bits per heavy atom. The van der Waals surface area contributed by atoms with Gasteiger partial charge in [-0.25, -0.2) is 4.98 Å². The van der Waals surface area contributed by atoms with Gasteiger partial charge in [0.2, 0.25) is 5.95 Å². The Bertz CT molecular complexity index is 5900. The third-order valence-electron chi connectivity index (χ3n) is 22.4. The molecule has 18 rings (SSSR count). The fraction of sp³-hybridized carbons (Fsp3) is 0.155. The van der Waals surface area contributed by atoms with E-state index in [1.54, 1.807) is 0 Å². The van der Waals surface area contributed by atoms with Crippen molar-refractivity contribution in [3.05, 3.63) is 338 Å². The summed E-state index contributed by atoms with van der Waals surface area (Å²) in [7, 11) is 0. The molecule has 0 fully saturated rings. The molecule has 0 radical (unpaired) electrons.